The van der Waals surface area contributed by atoms with E-state index in [0.29, 0.717) is 5.69 Å². The number of amides is 1. The summed E-state index contributed by atoms with van der Waals surface area (Å²) in [7, 11) is 0. The van der Waals surface area contributed by atoms with Crippen molar-refractivity contribution in [3.63, 3.8) is 0 Å². The van der Waals surface area contributed by atoms with Gasteiger partial charge in [-0.2, -0.15) is 0 Å². The Morgan fingerprint density at radius 2 is 2.11 bits per heavy atom. The molecule has 1 aliphatic heterocycles. The molecule has 0 bridgehead atoms. The third-order valence-corrected chi connectivity index (χ3v) is 3.84. The molecule has 1 aromatic heterocycles. The topological polar surface area (TPSA) is 51.3 Å². The van der Waals surface area contributed by atoms with E-state index >= 15 is 0 Å². The lowest BCUT2D eigenvalue weighted by Crippen LogP contribution is -2.26. The van der Waals surface area contributed by atoms with Crippen LogP contribution >= 0.6 is 0 Å². The number of hydrogen-bond acceptors (Lipinski definition) is 2. The van der Waals surface area contributed by atoms with E-state index in [1.807, 2.05) is 28.8 Å². The van der Waals surface area contributed by atoms with Crippen molar-refractivity contribution >= 4 is 16.8 Å². The molecule has 4 nitrogen and oxygen atoms in total. The predicted molar refractivity (Wildman–Crippen MR) is 75.0 cm³/mol. The summed E-state index contributed by atoms with van der Waals surface area (Å²) in [5.41, 5.74) is 7.13. The zero-order valence-corrected chi connectivity index (χ0v) is 10.9. The van der Waals surface area contributed by atoms with Crippen LogP contribution in [0.4, 0.5) is 0 Å². The fraction of sp³-hybridized carbons (Fsp3) is 0.400. The average molecular weight is 256 g/mol. The fourth-order valence-electron chi connectivity index (χ4n) is 2.84. The van der Waals surface area contributed by atoms with Crippen molar-refractivity contribution in [1.82, 2.24) is 9.47 Å². The number of hydrogen-bond donors (Lipinski definition) is 1. The van der Waals surface area contributed by atoms with Crippen LogP contribution in [-0.4, -0.2) is 35.0 Å². The Labute approximate surface area is 112 Å². The Bertz CT molecular complexity index is 596. The van der Waals surface area contributed by atoms with Crippen molar-refractivity contribution in [3.05, 3.63) is 36.0 Å². The van der Waals surface area contributed by atoms with Crippen LogP contribution in [0.25, 0.3) is 10.9 Å². The summed E-state index contributed by atoms with van der Waals surface area (Å²) in [5, 5.41) is 1.03. The smallest absolute Gasteiger partial charge is 0.265 e. The standard InChI is InChI=1S/C15H18N3O/c16-15(19)14-11-12-5-1-2-6-13(12)18(14)10-9-17-7-3-4-8-17/h2,5-6,11H,3-4,7-10H2,(H2,16,19). The predicted octanol–water partition coefficient (Wildman–Crippen LogP) is 1.64. The first-order valence-electron chi connectivity index (χ1n) is 6.77. The van der Waals surface area contributed by atoms with Gasteiger partial charge in [0.05, 0.1) is 0 Å². The molecule has 1 amide bonds. The third-order valence-electron chi connectivity index (χ3n) is 3.84. The second kappa shape index (κ2) is 5.05. The zero-order chi connectivity index (χ0) is 13.2. The summed E-state index contributed by atoms with van der Waals surface area (Å²) in [6.45, 7) is 4.12. The number of primary amides is 1. The van der Waals surface area contributed by atoms with Gasteiger partial charge in [-0.15, -0.1) is 0 Å². The molecule has 1 fully saturated rings. The molecule has 0 spiro atoms. The molecule has 99 valence electrons. The first-order valence-corrected chi connectivity index (χ1v) is 6.77. The van der Waals surface area contributed by atoms with Crippen LogP contribution in [0.5, 0.6) is 0 Å². The molecule has 1 saturated heterocycles. The summed E-state index contributed by atoms with van der Waals surface area (Å²) in [5.74, 6) is -0.363. The van der Waals surface area contributed by atoms with Gasteiger partial charge in [0.25, 0.3) is 5.91 Å². The Hall–Kier alpha value is -1.81. The summed E-state index contributed by atoms with van der Waals surface area (Å²) < 4.78 is 2.03. The maximum absolute atomic E-state index is 11.6. The van der Waals surface area contributed by atoms with Gasteiger partial charge in [0.2, 0.25) is 0 Å². The quantitative estimate of drug-likeness (QED) is 0.904. The molecule has 1 radical (unpaired) electrons. The Kier molecular flexibility index (Phi) is 3.25. The maximum atomic E-state index is 11.6. The second-order valence-electron chi connectivity index (χ2n) is 5.08. The highest BCUT2D eigenvalue weighted by Crippen LogP contribution is 2.19. The number of carbonyl (C=O) groups is 1. The van der Waals surface area contributed by atoms with E-state index in [4.69, 9.17) is 5.73 Å². The molecule has 2 N–H and O–H groups in total. The van der Waals surface area contributed by atoms with Crippen molar-refractivity contribution in [2.24, 2.45) is 5.73 Å². The van der Waals surface area contributed by atoms with E-state index in [1.54, 1.807) is 0 Å². The van der Waals surface area contributed by atoms with E-state index in [1.165, 1.54) is 25.9 Å². The van der Waals surface area contributed by atoms with Gasteiger partial charge < -0.3 is 15.2 Å². The monoisotopic (exact) mass is 256 g/mol. The lowest BCUT2D eigenvalue weighted by atomic mass is 10.2. The van der Waals surface area contributed by atoms with Crippen molar-refractivity contribution in [1.29, 1.82) is 0 Å². The van der Waals surface area contributed by atoms with Crippen LogP contribution in [0, 0.1) is 6.07 Å². The van der Waals surface area contributed by atoms with Gasteiger partial charge in [-0.1, -0.05) is 6.07 Å². The minimum Gasteiger partial charge on any atom is -0.364 e. The van der Waals surface area contributed by atoms with Gasteiger partial charge in [0, 0.05) is 24.0 Å². The highest BCUT2D eigenvalue weighted by Gasteiger charge is 2.15. The summed E-state index contributed by atoms with van der Waals surface area (Å²) >= 11 is 0. The highest BCUT2D eigenvalue weighted by molar-refractivity contribution is 5.97. The number of carbonyl (C=O) groups excluding carboxylic acids is 1. The van der Waals surface area contributed by atoms with Crippen LogP contribution in [0.1, 0.15) is 23.3 Å². The summed E-state index contributed by atoms with van der Waals surface area (Å²) in [6, 6.07) is 10.7. The van der Waals surface area contributed by atoms with Crippen molar-refractivity contribution in [3.8, 4) is 0 Å². The van der Waals surface area contributed by atoms with Gasteiger partial charge >= 0.3 is 0 Å². The van der Waals surface area contributed by atoms with E-state index in [9.17, 15) is 4.79 Å². The lowest BCUT2D eigenvalue weighted by Gasteiger charge is -2.16. The van der Waals surface area contributed by atoms with Crippen molar-refractivity contribution < 1.29 is 4.79 Å². The number of nitrogens with two attached hydrogens (primary N) is 1. The maximum Gasteiger partial charge on any atom is 0.265 e. The SMILES string of the molecule is NC(=O)c1cc2c[c]ccc2n1CCN1CCCC1. The van der Waals surface area contributed by atoms with E-state index in [0.717, 1.165) is 24.0 Å². The van der Waals surface area contributed by atoms with Gasteiger partial charge in [-0.3, -0.25) is 4.79 Å². The van der Waals surface area contributed by atoms with Crippen LogP contribution in [-0.2, 0) is 6.54 Å². The Morgan fingerprint density at radius 1 is 1.32 bits per heavy atom. The molecular weight excluding hydrogens is 238 g/mol. The highest BCUT2D eigenvalue weighted by atomic mass is 16.1. The molecule has 19 heavy (non-hydrogen) atoms. The van der Waals surface area contributed by atoms with Crippen LogP contribution in [0.2, 0.25) is 0 Å². The van der Waals surface area contributed by atoms with Gasteiger partial charge in [-0.25, -0.2) is 0 Å². The number of likely N-dealkylation sites (tertiary alicyclic amines) is 1. The van der Waals surface area contributed by atoms with Crippen LogP contribution < -0.4 is 5.73 Å². The zero-order valence-electron chi connectivity index (χ0n) is 10.9. The first kappa shape index (κ1) is 12.2. The fourth-order valence-corrected chi connectivity index (χ4v) is 2.84. The average Bonchev–Trinajstić information content (AvgIpc) is 3.03. The minimum atomic E-state index is -0.363. The molecular formula is C15H18N3O. The molecule has 0 aliphatic carbocycles. The van der Waals surface area contributed by atoms with E-state index in [2.05, 4.69) is 11.0 Å². The number of benzene rings is 1. The van der Waals surface area contributed by atoms with Gasteiger partial charge in [0.15, 0.2) is 0 Å². The Balaban J connectivity index is 1.90. The van der Waals surface area contributed by atoms with Crippen molar-refractivity contribution in [2.75, 3.05) is 19.6 Å². The van der Waals surface area contributed by atoms with Crippen LogP contribution in [0.3, 0.4) is 0 Å². The first-order chi connectivity index (χ1) is 9.25. The molecule has 0 atom stereocenters. The lowest BCUT2D eigenvalue weighted by molar-refractivity contribution is 0.0991. The molecule has 1 aromatic carbocycles. The molecule has 1 aliphatic rings. The molecule has 0 unspecified atom stereocenters. The molecule has 4 heteroatoms. The number of nitrogens with zero attached hydrogens (tertiary/aromatic N) is 2. The summed E-state index contributed by atoms with van der Waals surface area (Å²) in [6.07, 6.45) is 2.56. The normalized spacial score (nSPS) is 16.2. The molecule has 0 saturated carbocycles. The molecule has 2 aromatic rings. The number of fused-ring (bicyclic) bond motifs is 1. The van der Waals surface area contributed by atoms with E-state index in [-0.39, 0.29) is 5.91 Å². The molecule has 3 rings (SSSR count). The van der Waals surface area contributed by atoms with Crippen molar-refractivity contribution in [2.45, 2.75) is 19.4 Å². The van der Waals surface area contributed by atoms with Gasteiger partial charge in [0.1, 0.15) is 5.69 Å². The van der Waals surface area contributed by atoms with Gasteiger partial charge in [-0.05, 0) is 50.2 Å². The largest absolute Gasteiger partial charge is 0.364 e. The number of rotatable bonds is 4. The number of aromatic nitrogens is 1. The second-order valence-corrected chi connectivity index (χ2v) is 5.08. The molecule has 2 heterocycles. The van der Waals surface area contributed by atoms with E-state index < -0.39 is 0 Å². The Morgan fingerprint density at radius 3 is 2.84 bits per heavy atom. The minimum absolute atomic E-state index is 0.363. The van der Waals surface area contributed by atoms with Crippen LogP contribution in [0.15, 0.2) is 24.3 Å². The third kappa shape index (κ3) is 2.36. The summed E-state index contributed by atoms with van der Waals surface area (Å²) in [4.78, 5) is 14.0.